The van der Waals surface area contributed by atoms with Gasteiger partial charge in [0.2, 0.25) is 11.6 Å². The number of rotatable bonds is 7. The Kier molecular flexibility index (Phi) is 4.06. The third-order valence-corrected chi connectivity index (χ3v) is 4.06. The van der Waals surface area contributed by atoms with Crippen molar-refractivity contribution in [2.24, 2.45) is 11.8 Å². The van der Waals surface area contributed by atoms with Gasteiger partial charge in [-0.25, -0.2) is 8.78 Å². The summed E-state index contributed by atoms with van der Waals surface area (Å²) in [4.78, 5) is 0. The number of halogens is 4. The molecule has 0 spiro atoms. The van der Waals surface area contributed by atoms with Crippen LogP contribution in [0.2, 0.25) is 0 Å². The molecule has 1 aromatic carbocycles. The van der Waals surface area contributed by atoms with Gasteiger partial charge in [-0.15, -0.1) is 0 Å². The van der Waals surface area contributed by atoms with E-state index < -0.39 is 29.0 Å². The summed E-state index contributed by atoms with van der Waals surface area (Å²) < 4.78 is 57.7. The van der Waals surface area contributed by atoms with Gasteiger partial charge in [0.25, 0.3) is 0 Å². The first-order valence-electron chi connectivity index (χ1n) is 7.27. The molecule has 0 bridgehead atoms. The molecule has 2 aliphatic rings. The lowest BCUT2D eigenvalue weighted by Gasteiger charge is -2.18. The Hall–Kier alpha value is -1.30. The average Bonchev–Trinajstić information content (AvgIpc) is 3.33. The molecule has 2 saturated carbocycles. The number of nitrogens with one attached hydrogen (secondary N) is 1. The molecule has 0 radical (unpaired) electrons. The average molecular weight is 303 g/mol. The number of hydrogen-bond donors (Lipinski definition) is 1. The van der Waals surface area contributed by atoms with Crippen LogP contribution in [-0.4, -0.2) is 19.2 Å². The Bertz CT molecular complexity index is 491. The minimum atomic E-state index is -1.49. The topological polar surface area (TPSA) is 21.3 Å². The van der Waals surface area contributed by atoms with E-state index >= 15 is 0 Å². The molecule has 0 unspecified atom stereocenters. The van der Waals surface area contributed by atoms with E-state index in [0.717, 1.165) is 0 Å². The van der Waals surface area contributed by atoms with Crippen molar-refractivity contribution in [1.29, 1.82) is 0 Å². The maximum Gasteiger partial charge on any atom is 0.203 e. The van der Waals surface area contributed by atoms with Gasteiger partial charge >= 0.3 is 0 Å². The molecule has 0 atom stereocenters. The third-order valence-electron chi connectivity index (χ3n) is 4.06. The van der Waals surface area contributed by atoms with Crippen LogP contribution in [0.5, 0.6) is 5.75 Å². The van der Waals surface area contributed by atoms with Gasteiger partial charge in [0.15, 0.2) is 17.4 Å². The molecule has 6 heteroatoms. The molecule has 2 aliphatic carbocycles. The van der Waals surface area contributed by atoms with E-state index in [1.807, 2.05) is 0 Å². The first kappa shape index (κ1) is 14.6. The van der Waals surface area contributed by atoms with Crippen LogP contribution in [0, 0.1) is 35.1 Å². The molecule has 2 fully saturated rings. The highest BCUT2D eigenvalue weighted by molar-refractivity contribution is 5.28. The van der Waals surface area contributed by atoms with E-state index in [0.29, 0.717) is 24.4 Å². The molecule has 0 heterocycles. The molecule has 0 aliphatic heterocycles. The van der Waals surface area contributed by atoms with Gasteiger partial charge in [0.05, 0.1) is 0 Å². The molecule has 116 valence electrons. The Morgan fingerprint density at radius 3 is 2.00 bits per heavy atom. The van der Waals surface area contributed by atoms with Crippen molar-refractivity contribution < 1.29 is 22.3 Å². The summed E-state index contributed by atoms with van der Waals surface area (Å²) in [6, 6.07) is 0.610. The van der Waals surface area contributed by atoms with Crippen LogP contribution in [0.25, 0.3) is 0 Å². The summed E-state index contributed by atoms with van der Waals surface area (Å²) in [7, 11) is 0. The third kappa shape index (κ3) is 3.31. The fraction of sp³-hybridized carbons (Fsp3) is 0.600. The van der Waals surface area contributed by atoms with Crippen molar-refractivity contribution in [2.45, 2.75) is 31.7 Å². The number of ether oxygens (including phenoxy) is 1. The van der Waals surface area contributed by atoms with Gasteiger partial charge in [0, 0.05) is 18.7 Å². The number of benzene rings is 1. The highest BCUT2D eigenvalue weighted by atomic mass is 19.2. The van der Waals surface area contributed by atoms with Crippen LogP contribution in [0.3, 0.4) is 0 Å². The maximum atomic E-state index is 13.4. The zero-order valence-electron chi connectivity index (χ0n) is 11.5. The Morgan fingerprint density at radius 1 is 1.00 bits per heavy atom. The van der Waals surface area contributed by atoms with Crippen molar-refractivity contribution in [3.63, 3.8) is 0 Å². The molecule has 1 aromatic rings. The van der Waals surface area contributed by atoms with E-state index in [1.54, 1.807) is 0 Å². The first-order chi connectivity index (χ1) is 10.1. The summed E-state index contributed by atoms with van der Waals surface area (Å²) in [6.45, 7) is 0.362. The van der Waals surface area contributed by atoms with Crippen LogP contribution in [0.1, 0.15) is 25.7 Å². The summed E-state index contributed by atoms with van der Waals surface area (Å²) in [5.74, 6) is -5.49. The van der Waals surface area contributed by atoms with Crippen molar-refractivity contribution in [2.75, 3.05) is 13.2 Å². The van der Waals surface area contributed by atoms with Crippen LogP contribution < -0.4 is 10.1 Å². The summed E-state index contributed by atoms with van der Waals surface area (Å²) in [6.07, 6.45) is 4.86. The lowest BCUT2D eigenvalue weighted by Crippen LogP contribution is -2.36. The fourth-order valence-corrected chi connectivity index (χ4v) is 2.69. The highest BCUT2D eigenvalue weighted by Crippen LogP contribution is 2.44. The van der Waals surface area contributed by atoms with Gasteiger partial charge < -0.3 is 10.1 Å². The van der Waals surface area contributed by atoms with Gasteiger partial charge in [-0.2, -0.15) is 8.78 Å². The Morgan fingerprint density at radius 2 is 1.52 bits per heavy atom. The maximum absolute atomic E-state index is 13.4. The van der Waals surface area contributed by atoms with Gasteiger partial charge in [-0.05, 0) is 37.5 Å². The summed E-state index contributed by atoms with van der Waals surface area (Å²) in [5, 5.41) is 3.32. The second kappa shape index (κ2) is 5.83. The predicted octanol–water partition coefficient (Wildman–Crippen LogP) is 3.40. The standard InChI is InChI=1S/C15H17F4NO/c16-10-7-11(17)13(19)15(12(10)18)21-6-5-20-14(8-1-2-8)9-3-4-9/h7-9,14,20H,1-6H2. The van der Waals surface area contributed by atoms with Gasteiger partial charge in [-0.3, -0.25) is 0 Å². The number of hydrogen-bond acceptors (Lipinski definition) is 2. The molecule has 0 aromatic heterocycles. The van der Waals surface area contributed by atoms with Gasteiger partial charge in [-0.1, -0.05) is 0 Å². The molecule has 3 rings (SSSR count). The van der Waals surface area contributed by atoms with Crippen molar-refractivity contribution in [1.82, 2.24) is 5.32 Å². The van der Waals surface area contributed by atoms with Crippen LogP contribution >= 0.6 is 0 Å². The monoisotopic (exact) mass is 303 g/mol. The molecular weight excluding hydrogens is 286 g/mol. The van der Waals surface area contributed by atoms with Crippen molar-refractivity contribution in [3.05, 3.63) is 29.3 Å². The van der Waals surface area contributed by atoms with Crippen LogP contribution in [-0.2, 0) is 0 Å². The SMILES string of the molecule is Fc1cc(F)c(F)c(OCCNC(C2CC2)C2CC2)c1F. The molecule has 1 N–H and O–H groups in total. The molecule has 2 nitrogen and oxygen atoms in total. The lowest BCUT2D eigenvalue weighted by molar-refractivity contribution is 0.259. The molecule has 0 saturated heterocycles. The van der Waals surface area contributed by atoms with E-state index in [1.165, 1.54) is 25.7 Å². The molecular formula is C15H17F4NO. The second-order valence-electron chi connectivity index (χ2n) is 5.80. The van der Waals surface area contributed by atoms with Crippen molar-refractivity contribution in [3.8, 4) is 5.75 Å². The lowest BCUT2D eigenvalue weighted by atomic mass is 10.1. The van der Waals surface area contributed by atoms with Gasteiger partial charge in [0.1, 0.15) is 6.61 Å². The Labute approximate surface area is 120 Å². The van der Waals surface area contributed by atoms with Crippen LogP contribution in [0.4, 0.5) is 17.6 Å². The Balaban J connectivity index is 1.53. The first-order valence-corrected chi connectivity index (χ1v) is 7.27. The van der Waals surface area contributed by atoms with E-state index in [4.69, 9.17) is 4.74 Å². The highest BCUT2D eigenvalue weighted by Gasteiger charge is 2.40. The summed E-state index contributed by atoms with van der Waals surface area (Å²) in [5.41, 5.74) is 0. The minimum Gasteiger partial charge on any atom is -0.486 e. The van der Waals surface area contributed by atoms with Crippen LogP contribution in [0.15, 0.2) is 6.07 Å². The largest absolute Gasteiger partial charge is 0.486 e. The summed E-state index contributed by atoms with van der Waals surface area (Å²) >= 11 is 0. The van der Waals surface area contributed by atoms with Crippen molar-refractivity contribution >= 4 is 0 Å². The normalized spacial score (nSPS) is 18.3. The second-order valence-corrected chi connectivity index (χ2v) is 5.80. The van der Waals surface area contributed by atoms with E-state index in [-0.39, 0.29) is 12.7 Å². The van der Waals surface area contributed by atoms with E-state index in [2.05, 4.69) is 5.32 Å². The predicted molar refractivity (Wildman–Crippen MR) is 69.0 cm³/mol. The quantitative estimate of drug-likeness (QED) is 0.473. The van der Waals surface area contributed by atoms with E-state index in [9.17, 15) is 17.6 Å². The smallest absolute Gasteiger partial charge is 0.203 e. The fourth-order valence-electron chi connectivity index (χ4n) is 2.69. The molecule has 21 heavy (non-hydrogen) atoms. The molecule has 0 amide bonds. The zero-order chi connectivity index (χ0) is 15.0. The minimum absolute atomic E-state index is 0.0350. The zero-order valence-corrected chi connectivity index (χ0v) is 11.5.